The molecule has 7 nitrogen and oxygen atoms in total. The predicted molar refractivity (Wildman–Crippen MR) is 59.9 cm³/mol. The van der Waals surface area contributed by atoms with Crippen LogP contribution in [0.5, 0.6) is 0 Å². The largest absolute Gasteiger partial charge is 0.480 e. The standard InChI is InChI=1S/C9H17NO6S/c1-4-5-7(8(11)12)10-17(14,15)6(2)9(13)16-3/h6-7,10H,4-5H2,1-3H3,(H,11,12)/t6?,7-/m1/s1. The molecule has 8 heteroatoms. The third kappa shape index (κ3) is 4.70. The summed E-state index contributed by atoms with van der Waals surface area (Å²) in [6.07, 6.45) is 0.661. The lowest BCUT2D eigenvalue weighted by molar-refractivity contribution is -0.141. The van der Waals surface area contributed by atoms with Gasteiger partial charge in [0.2, 0.25) is 10.0 Å². The fraction of sp³-hybridized carbons (Fsp3) is 0.778. The fourth-order valence-corrected chi connectivity index (χ4v) is 2.28. The quantitative estimate of drug-likeness (QED) is 0.614. The summed E-state index contributed by atoms with van der Waals surface area (Å²) in [6.45, 7) is 2.87. The van der Waals surface area contributed by atoms with Crippen molar-refractivity contribution in [1.82, 2.24) is 4.72 Å². The topological polar surface area (TPSA) is 110 Å². The summed E-state index contributed by atoms with van der Waals surface area (Å²) in [5, 5.41) is 7.36. The highest BCUT2D eigenvalue weighted by atomic mass is 32.2. The van der Waals surface area contributed by atoms with Crippen molar-refractivity contribution in [1.29, 1.82) is 0 Å². The summed E-state index contributed by atoms with van der Waals surface area (Å²) in [6, 6.07) is -1.22. The van der Waals surface area contributed by atoms with Crippen LogP contribution in [0.2, 0.25) is 0 Å². The number of nitrogens with one attached hydrogen (secondary N) is 1. The maximum Gasteiger partial charge on any atom is 0.325 e. The van der Waals surface area contributed by atoms with Gasteiger partial charge in [-0.25, -0.2) is 13.1 Å². The molecule has 0 aromatic carbocycles. The zero-order valence-electron chi connectivity index (χ0n) is 9.97. The molecule has 1 unspecified atom stereocenters. The SMILES string of the molecule is CCC[C@@H](NS(=O)(=O)C(C)C(=O)OC)C(=O)O. The van der Waals surface area contributed by atoms with Crippen LogP contribution in [0.25, 0.3) is 0 Å². The Morgan fingerprint density at radius 3 is 2.29 bits per heavy atom. The molecule has 0 amide bonds. The molecule has 0 aliphatic carbocycles. The van der Waals surface area contributed by atoms with Crippen molar-refractivity contribution in [3.8, 4) is 0 Å². The van der Waals surface area contributed by atoms with E-state index in [9.17, 15) is 18.0 Å². The van der Waals surface area contributed by atoms with Gasteiger partial charge in [-0.3, -0.25) is 9.59 Å². The molecular formula is C9H17NO6S. The lowest BCUT2D eigenvalue weighted by Crippen LogP contribution is -2.46. The van der Waals surface area contributed by atoms with Crippen LogP contribution < -0.4 is 4.72 Å². The van der Waals surface area contributed by atoms with Gasteiger partial charge in [0, 0.05) is 0 Å². The Kier molecular flexibility index (Phi) is 6.11. The Balaban J connectivity index is 4.83. The molecule has 100 valence electrons. The number of sulfonamides is 1. The molecule has 0 spiro atoms. The molecule has 0 rings (SSSR count). The monoisotopic (exact) mass is 267 g/mol. The van der Waals surface area contributed by atoms with E-state index in [2.05, 4.69) is 4.74 Å². The van der Waals surface area contributed by atoms with E-state index in [-0.39, 0.29) is 6.42 Å². The molecule has 0 aromatic heterocycles. The molecular weight excluding hydrogens is 250 g/mol. The molecule has 0 heterocycles. The fourth-order valence-electron chi connectivity index (χ4n) is 1.11. The molecule has 0 aliphatic rings. The Hall–Kier alpha value is -1.15. The Morgan fingerprint density at radius 1 is 1.41 bits per heavy atom. The summed E-state index contributed by atoms with van der Waals surface area (Å²) in [5.74, 6) is -2.20. The van der Waals surface area contributed by atoms with E-state index >= 15 is 0 Å². The third-order valence-corrected chi connectivity index (χ3v) is 3.92. The highest BCUT2D eigenvalue weighted by molar-refractivity contribution is 7.90. The van der Waals surface area contributed by atoms with Crippen molar-refractivity contribution in [2.24, 2.45) is 0 Å². The highest BCUT2D eigenvalue weighted by Crippen LogP contribution is 2.05. The van der Waals surface area contributed by atoms with E-state index in [1.165, 1.54) is 0 Å². The van der Waals surface area contributed by atoms with Crippen LogP contribution in [0.15, 0.2) is 0 Å². The molecule has 0 saturated heterocycles. The number of ether oxygens (including phenoxy) is 1. The van der Waals surface area contributed by atoms with Crippen molar-refractivity contribution in [3.63, 3.8) is 0 Å². The molecule has 0 aliphatic heterocycles. The Morgan fingerprint density at radius 2 is 1.94 bits per heavy atom. The number of carboxylic acids is 1. The number of carbonyl (C=O) groups is 2. The molecule has 2 atom stereocenters. The first-order valence-corrected chi connectivity index (χ1v) is 6.62. The number of methoxy groups -OCH3 is 1. The number of aliphatic carboxylic acids is 1. The smallest absolute Gasteiger partial charge is 0.325 e. The van der Waals surface area contributed by atoms with Crippen LogP contribution in [-0.2, 0) is 24.3 Å². The van der Waals surface area contributed by atoms with Gasteiger partial charge in [-0.15, -0.1) is 0 Å². The molecule has 0 aromatic rings. The van der Waals surface area contributed by atoms with E-state index in [4.69, 9.17) is 5.11 Å². The van der Waals surface area contributed by atoms with Gasteiger partial charge in [-0.2, -0.15) is 0 Å². The van der Waals surface area contributed by atoms with Crippen molar-refractivity contribution < 1.29 is 27.9 Å². The Labute approximate surface area is 100 Å². The van der Waals surface area contributed by atoms with Crippen molar-refractivity contribution in [3.05, 3.63) is 0 Å². The minimum Gasteiger partial charge on any atom is -0.480 e. The van der Waals surface area contributed by atoms with Crippen molar-refractivity contribution >= 4 is 22.0 Å². The van der Waals surface area contributed by atoms with E-state index < -0.39 is 33.3 Å². The molecule has 0 fully saturated rings. The van der Waals surface area contributed by atoms with E-state index in [0.717, 1.165) is 14.0 Å². The van der Waals surface area contributed by atoms with E-state index in [1.807, 2.05) is 4.72 Å². The summed E-state index contributed by atoms with van der Waals surface area (Å²) in [5.41, 5.74) is 0. The molecule has 17 heavy (non-hydrogen) atoms. The van der Waals surface area contributed by atoms with Crippen LogP contribution in [0.4, 0.5) is 0 Å². The van der Waals surface area contributed by atoms with Crippen LogP contribution in [-0.4, -0.2) is 43.9 Å². The Bertz CT molecular complexity index is 377. The average Bonchev–Trinajstić information content (AvgIpc) is 2.26. The third-order valence-electron chi connectivity index (χ3n) is 2.18. The second-order valence-corrected chi connectivity index (χ2v) is 5.54. The number of hydrogen-bond acceptors (Lipinski definition) is 5. The summed E-state index contributed by atoms with van der Waals surface area (Å²) < 4.78 is 29.6. The van der Waals surface area contributed by atoms with Crippen LogP contribution in [0, 0.1) is 0 Å². The van der Waals surface area contributed by atoms with E-state index in [0.29, 0.717) is 6.42 Å². The molecule has 0 radical (unpaired) electrons. The first-order chi connectivity index (χ1) is 7.76. The van der Waals surface area contributed by atoms with Gasteiger partial charge in [0.25, 0.3) is 0 Å². The summed E-state index contributed by atoms with van der Waals surface area (Å²) in [4.78, 5) is 21.9. The zero-order valence-corrected chi connectivity index (χ0v) is 10.8. The van der Waals surface area contributed by atoms with Gasteiger partial charge in [-0.05, 0) is 13.3 Å². The van der Waals surface area contributed by atoms with Crippen LogP contribution in [0.3, 0.4) is 0 Å². The number of carbonyl (C=O) groups excluding carboxylic acids is 1. The van der Waals surface area contributed by atoms with Crippen molar-refractivity contribution in [2.45, 2.75) is 38.0 Å². The number of carboxylic acid groups (broad SMARTS) is 1. The maximum atomic E-state index is 11.6. The van der Waals surface area contributed by atoms with Gasteiger partial charge >= 0.3 is 11.9 Å². The summed E-state index contributed by atoms with van der Waals surface area (Å²) >= 11 is 0. The number of esters is 1. The second-order valence-electron chi connectivity index (χ2n) is 3.51. The minimum absolute atomic E-state index is 0.155. The second kappa shape index (κ2) is 6.55. The highest BCUT2D eigenvalue weighted by Gasteiger charge is 2.32. The number of rotatable bonds is 7. The van der Waals surface area contributed by atoms with Gasteiger partial charge in [-0.1, -0.05) is 13.3 Å². The number of hydrogen-bond donors (Lipinski definition) is 2. The summed E-state index contributed by atoms with van der Waals surface area (Å²) in [7, 11) is -2.98. The molecule has 0 saturated carbocycles. The van der Waals surface area contributed by atoms with Crippen molar-refractivity contribution in [2.75, 3.05) is 7.11 Å². The lowest BCUT2D eigenvalue weighted by Gasteiger charge is -2.16. The van der Waals surface area contributed by atoms with Crippen LogP contribution >= 0.6 is 0 Å². The lowest BCUT2D eigenvalue weighted by atomic mass is 10.2. The average molecular weight is 267 g/mol. The van der Waals surface area contributed by atoms with Gasteiger partial charge < -0.3 is 9.84 Å². The van der Waals surface area contributed by atoms with Gasteiger partial charge in [0.15, 0.2) is 5.25 Å². The molecule has 2 N–H and O–H groups in total. The van der Waals surface area contributed by atoms with Crippen LogP contribution in [0.1, 0.15) is 26.7 Å². The normalized spacial score (nSPS) is 15.0. The molecule has 0 bridgehead atoms. The zero-order chi connectivity index (χ0) is 13.6. The first kappa shape index (κ1) is 15.9. The maximum absolute atomic E-state index is 11.6. The minimum atomic E-state index is -4.04. The van der Waals surface area contributed by atoms with Gasteiger partial charge in [0.1, 0.15) is 6.04 Å². The van der Waals surface area contributed by atoms with Gasteiger partial charge in [0.05, 0.1) is 7.11 Å². The predicted octanol–water partition coefficient (Wildman–Crippen LogP) is -0.279. The van der Waals surface area contributed by atoms with E-state index in [1.54, 1.807) is 6.92 Å². The first-order valence-electron chi connectivity index (χ1n) is 5.08.